The Bertz CT molecular complexity index is 509. The fourth-order valence-electron chi connectivity index (χ4n) is 1.89. The summed E-state index contributed by atoms with van der Waals surface area (Å²) >= 11 is 0. The number of rotatable bonds is 2. The van der Waals surface area contributed by atoms with Crippen LogP contribution in [0.25, 0.3) is 0 Å². The van der Waals surface area contributed by atoms with Crippen molar-refractivity contribution in [1.82, 2.24) is 9.97 Å². The van der Waals surface area contributed by atoms with Crippen LogP contribution in [0.4, 0.5) is 17.3 Å². The summed E-state index contributed by atoms with van der Waals surface area (Å²) in [5.41, 5.74) is 10.8. The number of nitrogens with one attached hydrogen (secondary N) is 1. The highest BCUT2D eigenvalue weighted by Crippen LogP contribution is 2.24. The molecule has 0 aliphatic carbocycles. The second kappa shape index (κ2) is 4.41. The zero-order valence-corrected chi connectivity index (χ0v) is 10.3. The zero-order valence-electron chi connectivity index (χ0n) is 10.3. The van der Waals surface area contributed by atoms with Gasteiger partial charge in [-0.2, -0.15) is 0 Å². The minimum Gasteiger partial charge on any atom is -0.396 e. The van der Waals surface area contributed by atoms with E-state index >= 15 is 0 Å². The van der Waals surface area contributed by atoms with E-state index < -0.39 is 0 Å². The van der Waals surface area contributed by atoms with Gasteiger partial charge in [0, 0.05) is 5.69 Å². The molecule has 0 bridgehead atoms. The fraction of sp³-hybridized carbons (Fsp3) is 0.231. The van der Waals surface area contributed by atoms with Gasteiger partial charge in [-0.3, -0.25) is 0 Å². The molecular weight excluding hydrogens is 212 g/mol. The average molecular weight is 228 g/mol. The van der Waals surface area contributed by atoms with Crippen molar-refractivity contribution in [2.24, 2.45) is 0 Å². The van der Waals surface area contributed by atoms with Crippen LogP contribution in [0.5, 0.6) is 0 Å². The Hall–Kier alpha value is -2.10. The topological polar surface area (TPSA) is 63.8 Å². The molecule has 1 aromatic heterocycles. The lowest BCUT2D eigenvalue weighted by atomic mass is 10.1. The second-order valence-corrected chi connectivity index (χ2v) is 4.24. The van der Waals surface area contributed by atoms with Gasteiger partial charge in [0.2, 0.25) is 5.95 Å². The van der Waals surface area contributed by atoms with Crippen LogP contribution < -0.4 is 11.1 Å². The minimum atomic E-state index is 0.563. The molecule has 0 radical (unpaired) electrons. The molecule has 0 spiro atoms. The largest absolute Gasteiger partial charge is 0.396 e. The summed E-state index contributed by atoms with van der Waals surface area (Å²) in [4.78, 5) is 8.26. The van der Waals surface area contributed by atoms with E-state index in [2.05, 4.69) is 48.2 Å². The molecule has 17 heavy (non-hydrogen) atoms. The van der Waals surface area contributed by atoms with Gasteiger partial charge in [0.25, 0.3) is 0 Å². The summed E-state index contributed by atoms with van der Waals surface area (Å²) in [7, 11) is 0. The van der Waals surface area contributed by atoms with Crippen molar-refractivity contribution >= 4 is 17.3 Å². The van der Waals surface area contributed by atoms with Gasteiger partial charge >= 0.3 is 0 Å². The maximum atomic E-state index is 5.55. The lowest BCUT2D eigenvalue weighted by molar-refractivity contribution is 1.16. The van der Waals surface area contributed by atoms with Crippen LogP contribution in [0.15, 0.2) is 24.5 Å². The Morgan fingerprint density at radius 2 is 1.53 bits per heavy atom. The number of nitrogens with two attached hydrogens (primary N) is 1. The van der Waals surface area contributed by atoms with E-state index in [-0.39, 0.29) is 0 Å². The van der Waals surface area contributed by atoms with E-state index in [1.54, 1.807) is 12.4 Å². The van der Waals surface area contributed by atoms with Crippen molar-refractivity contribution in [3.8, 4) is 0 Å². The van der Waals surface area contributed by atoms with E-state index in [0.717, 1.165) is 5.69 Å². The Balaban J connectivity index is 2.33. The standard InChI is InChI=1S/C13H16N4/c1-8-4-9(2)12(10(3)5-8)17-13-15-6-11(14)7-16-13/h4-7H,14H2,1-3H3,(H,15,16,17). The SMILES string of the molecule is Cc1cc(C)c(Nc2ncc(N)cn2)c(C)c1. The molecule has 3 N–H and O–H groups in total. The Morgan fingerprint density at radius 3 is 2.06 bits per heavy atom. The van der Waals surface area contributed by atoms with Crippen LogP contribution in [0.3, 0.4) is 0 Å². The van der Waals surface area contributed by atoms with Gasteiger partial charge in [-0.25, -0.2) is 9.97 Å². The Labute approximate surface area is 101 Å². The van der Waals surface area contributed by atoms with E-state index in [1.165, 1.54) is 16.7 Å². The molecule has 0 saturated heterocycles. The van der Waals surface area contributed by atoms with Crippen molar-refractivity contribution in [2.45, 2.75) is 20.8 Å². The quantitative estimate of drug-likeness (QED) is 0.829. The summed E-state index contributed by atoms with van der Waals surface area (Å²) in [6, 6.07) is 4.26. The summed E-state index contributed by atoms with van der Waals surface area (Å²) in [6.45, 7) is 6.22. The van der Waals surface area contributed by atoms with E-state index in [1.807, 2.05) is 0 Å². The monoisotopic (exact) mass is 228 g/mol. The number of nitrogen functional groups attached to an aromatic ring is 1. The van der Waals surface area contributed by atoms with Crippen LogP contribution in [0, 0.1) is 20.8 Å². The van der Waals surface area contributed by atoms with Gasteiger partial charge < -0.3 is 11.1 Å². The van der Waals surface area contributed by atoms with Crippen LogP contribution in [-0.4, -0.2) is 9.97 Å². The third-order valence-electron chi connectivity index (χ3n) is 2.59. The molecule has 4 nitrogen and oxygen atoms in total. The fourth-order valence-corrected chi connectivity index (χ4v) is 1.89. The van der Waals surface area contributed by atoms with Crippen molar-refractivity contribution in [2.75, 3.05) is 11.1 Å². The highest BCUT2D eigenvalue weighted by atomic mass is 15.1. The van der Waals surface area contributed by atoms with Crippen LogP contribution in [0.2, 0.25) is 0 Å². The summed E-state index contributed by atoms with van der Waals surface area (Å²) in [5, 5.41) is 3.22. The number of nitrogens with zero attached hydrogens (tertiary/aromatic N) is 2. The number of benzene rings is 1. The first kappa shape index (κ1) is 11.4. The first-order valence-electron chi connectivity index (χ1n) is 5.48. The number of anilines is 3. The van der Waals surface area contributed by atoms with Gasteiger partial charge in [0.1, 0.15) is 0 Å². The third kappa shape index (κ3) is 2.53. The molecule has 0 aliphatic rings. The molecule has 2 aromatic rings. The lowest BCUT2D eigenvalue weighted by Gasteiger charge is -2.12. The molecule has 1 heterocycles. The van der Waals surface area contributed by atoms with E-state index in [9.17, 15) is 0 Å². The van der Waals surface area contributed by atoms with Crippen molar-refractivity contribution in [1.29, 1.82) is 0 Å². The molecule has 0 amide bonds. The first-order valence-corrected chi connectivity index (χ1v) is 5.48. The maximum Gasteiger partial charge on any atom is 0.227 e. The molecule has 0 unspecified atom stereocenters. The van der Waals surface area contributed by atoms with Gasteiger partial charge in [0.15, 0.2) is 0 Å². The Kier molecular flexibility index (Phi) is 2.95. The number of aromatic nitrogens is 2. The molecule has 0 fully saturated rings. The molecule has 88 valence electrons. The van der Waals surface area contributed by atoms with Gasteiger partial charge in [-0.1, -0.05) is 17.7 Å². The van der Waals surface area contributed by atoms with Crippen LogP contribution in [-0.2, 0) is 0 Å². The molecule has 0 atom stereocenters. The van der Waals surface area contributed by atoms with Crippen LogP contribution in [0.1, 0.15) is 16.7 Å². The van der Waals surface area contributed by atoms with Crippen molar-refractivity contribution < 1.29 is 0 Å². The zero-order chi connectivity index (χ0) is 12.4. The van der Waals surface area contributed by atoms with E-state index in [4.69, 9.17) is 5.73 Å². The van der Waals surface area contributed by atoms with Gasteiger partial charge in [-0.05, 0) is 31.9 Å². The van der Waals surface area contributed by atoms with E-state index in [0.29, 0.717) is 11.6 Å². The molecule has 0 aliphatic heterocycles. The number of hydrogen-bond donors (Lipinski definition) is 2. The predicted octanol–water partition coefficient (Wildman–Crippen LogP) is 2.73. The smallest absolute Gasteiger partial charge is 0.227 e. The van der Waals surface area contributed by atoms with Gasteiger partial charge in [0.05, 0.1) is 18.1 Å². The van der Waals surface area contributed by atoms with Crippen molar-refractivity contribution in [3.05, 3.63) is 41.2 Å². The summed E-state index contributed by atoms with van der Waals surface area (Å²) in [5.74, 6) is 0.564. The lowest BCUT2D eigenvalue weighted by Crippen LogP contribution is -2.01. The molecular formula is C13H16N4. The summed E-state index contributed by atoms with van der Waals surface area (Å²) < 4.78 is 0. The predicted molar refractivity (Wildman–Crippen MR) is 70.4 cm³/mol. The average Bonchev–Trinajstić information content (AvgIpc) is 2.26. The maximum absolute atomic E-state index is 5.55. The number of hydrogen-bond acceptors (Lipinski definition) is 4. The molecule has 2 rings (SSSR count). The molecule has 4 heteroatoms. The first-order chi connectivity index (χ1) is 8.06. The van der Waals surface area contributed by atoms with Gasteiger partial charge in [-0.15, -0.1) is 0 Å². The summed E-state index contributed by atoms with van der Waals surface area (Å²) in [6.07, 6.45) is 3.18. The second-order valence-electron chi connectivity index (χ2n) is 4.24. The third-order valence-corrected chi connectivity index (χ3v) is 2.59. The molecule has 1 aromatic carbocycles. The van der Waals surface area contributed by atoms with Crippen LogP contribution >= 0.6 is 0 Å². The normalized spacial score (nSPS) is 10.3. The van der Waals surface area contributed by atoms with Crippen molar-refractivity contribution in [3.63, 3.8) is 0 Å². The Morgan fingerprint density at radius 1 is 1.00 bits per heavy atom. The molecule has 0 saturated carbocycles. The number of aryl methyl sites for hydroxylation is 3. The highest BCUT2D eigenvalue weighted by molar-refractivity contribution is 5.63. The minimum absolute atomic E-state index is 0.563. The highest BCUT2D eigenvalue weighted by Gasteiger charge is 2.05.